The number of hydrogen-bond acceptors (Lipinski definition) is 4. The molecule has 0 aliphatic heterocycles. The highest BCUT2D eigenvalue weighted by atomic mass is 35.5. The van der Waals surface area contributed by atoms with Gasteiger partial charge in [0.1, 0.15) is 5.82 Å². The summed E-state index contributed by atoms with van der Waals surface area (Å²) >= 11 is 6.20. The van der Waals surface area contributed by atoms with E-state index in [2.05, 4.69) is 25.8 Å². The summed E-state index contributed by atoms with van der Waals surface area (Å²) in [6.07, 6.45) is 9.50. The number of carbonyl (C=O) groups excluding carboxylic acids is 1. The molecule has 0 unspecified atom stereocenters. The second-order valence-corrected chi connectivity index (χ2v) is 8.36. The van der Waals surface area contributed by atoms with Crippen LogP contribution in [-0.4, -0.2) is 33.7 Å². The number of amides is 1. The van der Waals surface area contributed by atoms with E-state index in [0.717, 1.165) is 54.7 Å². The fourth-order valence-electron chi connectivity index (χ4n) is 4.00. The van der Waals surface area contributed by atoms with E-state index in [4.69, 9.17) is 11.6 Å². The Kier molecular flexibility index (Phi) is 6.33. The van der Waals surface area contributed by atoms with Crippen LogP contribution in [-0.2, 0) is 0 Å². The minimum Gasteiger partial charge on any atom is -0.370 e. The van der Waals surface area contributed by atoms with Crippen molar-refractivity contribution in [2.24, 2.45) is 5.92 Å². The van der Waals surface area contributed by atoms with Crippen molar-refractivity contribution in [1.29, 1.82) is 0 Å². The van der Waals surface area contributed by atoms with Crippen molar-refractivity contribution < 1.29 is 4.79 Å². The zero-order chi connectivity index (χ0) is 20.9. The molecular weight excluding hydrogens is 398 g/mol. The number of hydrogen-bond donors (Lipinski definition) is 3. The first-order valence-corrected chi connectivity index (χ1v) is 10.7. The van der Waals surface area contributed by atoms with Crippen molar-refractivity contribution in [2.75, 3.05) is 11.9 Å². The van der Waals surface area contributed by atoms with E-state index in [1.807, 2.05) is 43.6 Å². The van der Waals surface area contributed by atoms with Crippen LogP contribution in [0.25, 0.3) is 11.1 Å². The standard InChI is InChI=1S/C23H26ClN5O/c1-15-4-9-21(24)19(11-15)23(30)28-18-7-5-16(6-8-18)12-26-22-20(14-27-29-22)17-3-2-10-25-13-17/h2-4,9-11,13-14,16,18H,5-8,12H2,1H3,(H,28,30)(H2,26,27,29). The molecule has 0 saturated heterocycles. The lowest BCUT2D eigenvalue weighted by molar-refractivity contribution is 0.0923. The molecule has 4 rings (SSSR count). The Morgan fingerprint density at radius 1 is 1.20 bits per heavy atom. The van der Waals surface area contributed by atoms with Crippen LogP contribution in [0.5, 0.6) is 0 Å². The molecule has 2 aromatic heterocycles. The molecule has 6 nitrogen and oxygen atoms in total. The van der Waals surface area contributed by atoms with Gasteiger partial charge in [-0.1, -0.05) is 29.3 Å². The minimum atomic E-state index is -0.0798. The molecule has 3 aromatic rings. The van der Waals surface area contributed by atoms with E-state index in [-0.39, 0.29) is 11.9 Å². The molecule has 156 valence electrons. The monoisotopic (exact) mass is 423 g/mol. The van der Waals surface area contributed by atoms with Crippen molar-refractivity contribution in [3.05, 3.63) is 65.1 Å². The number of aryl methyl sites for hydroxylation is 1. The summed E-state index contributed by atoms with van der Waals surface area (Å²) in [5, 5.41) is 14.4. The summed E-state index contributed by atoms with van der Waals surface area (Å²) in [4.78, 5) is 16.8. The van der Waals surface area contributed by atoms with Crippen LogP contribution in [0.2, 0.25) is 5.02 Å². The molecule has 1 amide bonds. The van der Waals surface area contributed by atoms with Gasteiger partial charge in [0.25, 0.3) is 5.91 Å². The van der Waals surface area contributed by atoms with Gasteiger partial charge in [0.05, 0.1) is 16.8 Å². The molecule has 0 bridgehead atoms. The molecule has 1 fully saturated rings. The van der Waals surface area contributed by atoms with E-state index in [1.54, 1.807) is 12.3 Å². The lowest BCUT2D eigenvalue weighted by Crippen LogP contribution is -2.38. The molecular formula is C23H26ClN5O. The topological polar surface area (TPSA) is 82.7 Å². The number of H-pyrrole nitrogens is 1. The second-order valence-electron chi connectivity index (χ2n) is 7.96. The van der Waals surface area contributed by atoms with Crippen LogP contribution in [0, 0.1) is 12.8 Å². The number of anilines is 1. The van der Waals surface area contributed by atoms with Crippen molar-refractivity contribution in [2.45, 2.75) is 38.6 Å². The van der Waals surface area contributed by atoms with E-state index in [0.29, 0.717) is 16.5 Å². The first kappa shape index (κ1) is 20.4. The lowest BCUT2D eigenvalue weighted by atomic mass is 9.86. The van der Waals surface area contributed by atoms with E-state index in [1.165, 1.54) is 0 Å². The van der Waals surface area contributed by atoms with Gasteiger partial charge in [-0.05, 0) is 56.7 Å². The molecule has 0 radical (unpaired) electrons. The summed E-state index contributed by atoms with van der Waals surface area (Å²) in [6.45, 7) is 2.84. The summed E-state index contributed by atoms with van der Waals surface area (Å²) in [5.74, 6) is 1.40. The quantitative estimate of drug-likeness (QED) is 0.530. The number of halogens is 1. The van der Waals surface area contributed by atoms with Crippen LogP contribution in [0.1, 0.15) is 41.6 Å². The van der Waals surface area contributed by atoms with E-state index < -0.39 is 0 Å². The predicted molar refractivity (Wildman–Crippen MR) is 120 cm³/mol. The smallest absolute Gasteiger partial charge is 0.253 e. The molecule has 30 heavy (non-hydrogen) atoms. The molecule has 0 spiro atoms. The average Bonchev–Trinajstić information content (AvgIpc) is 3.24. The number of aromatic amines is 1. The largest absolute Gasteiger partial charge is 0.370 e. The Balaban J connectivity index is 1.27. The fourth-order valence-corrected chi connectivity index (χ4v) is 4.20. The maximum absolute atomic E-state index is 12.6. The third-order valence-electron chi connectivity index (χ3n) is 5.73. The summed E-state index contributed by atoms with van der Waals surface area (Å²) in [6, 6.07) is 9.68. The Morgan fingerprint density at radius 3 is 2.80 bits per heavy atom. The fraction of sp³-hybridized carbons (Fsp3) is 0.348. The third-order valence-corrected chi connectivity index (χ3v) is 6.06. The van der Waals surface area contributed by atoms with Gasteiger partial charge in [0.2, 0.25) is 0 Å². The number of carbonyl (C=O) groups is 1. The van der Waals surface area contributed by atoms with Gasteiger partial charge >= 0.3 is 0 Å². The van der Waals surface area contributed by atoms with Gasteiger partial charge in [-0.3, -0.25) is 14.9 Å². The van der Waals surface area contributed by atoms with Gasteiger partial charge in [0.15, 0.2) is 0 Å². The molecule has 0 atom stereocenters. The van der Waals surface area contributed by atoms with Crippen LogP contribution >= 0.6 is 11.6 Å². The Morgan fingerprint density at radius 2 is 2.03 bits per heavy atom. The highest BCUT2D eigenvalue weighted by Crippen LogP contribution is 2.28. The van der Waals surface area contributed by atoms with Crippen LogP contribution in [0.4, 0.5) is 5.82 Å². The zero-order valence-electron chi connectivity index (χ0n) is 17.0. The van der Waals surface area contributed by atoms with Gasteiger partial charge < -0.3 is 10.6 Å². The average molecular weight is 424 g/mol. The van der Waals surface area contributed by atoms with Crippen LogP contribution < -0.4 is 10.6 Å². The number of nitrogens with one attached hydrogen (secondary N) is 3. The van der Waals surface area contributed by atoms with Crippen molar-refractivity contribution in [3.8, 4) is 11.1 Å². The lowest BCUT2D eigenvalue weighted by Gasteiger charge is -2.29. The van der Waals surface area contributed by atoms with Crippen molar-refractivity contribution in [3.63, 3.8) is 0 Å². The minimum absolute atomic E-state index is 0.0798. The maximum Gasteiger partial charge on any atom is 0.253 e. The van der Waals surface area contributed by atoms with Gasteiger partial charge in [-0.15, -0.1) is 0 Å². The first-order valence-electron chi connectivity index (χ1n) is 10.3. The Bertz CT molecular complexity index is 996. The predicted octanol–water partition coefficient (Wildman–Crippen LogP) is 4.83. The highest BCUT2D eigenvalue weighted by molar-refractivity contribution is 6.33. The number of benzene rings is 1. The summed E-state index contributed by atoms with van der Waals surface area (Å²) < 4.78 is 0. The number of nitrogens with zero attached hydrogens (tertiary/aromatic N) is 2. The zero-order valence-corrected chi connectivity index (χ0v) is 17.7. The third kappa shape index (κ3) is 4.82. The van der Waals surface area contributed by atoms with E-state index >= 15 is 0 Å². The molecule has 2 heterocycles. The molecule has 1 aliphatic carbocycles. The van der Waals surface area contributed by atoms with Crippen LogP contribution in [0.3, 0.4) is 0 Å². The first-order chi connectivity index (χ1) is 14.6. The van der Waals surface area contributed by atoms with Gasteiger partial charge in [0, 0.05) is 36.1 Å². The van der Waals surface area contributed by atoms with Crippen LogP contribution in [0.15, 0.2) is 48.9 Å². The summed E-state index contributed by atoms with van der Waals surface area (Å²) in [7, 11) is 0. The second kappa shape index (κ2) is 9.30. The van der Waals surface area contributed by atoms with Crippen molar-refractivity contribution >= 4 is 23.3 Å². The Hall–Kier alpha value is -2.86. The molecule has 3 N–H and O–H groups in total. The number of aromatic nitrogens is 3. The number of rotatable bonds is 6. The SMILES string of the molecule is Cc1ccc(Cl)c(C(=O)NC2CCC(CNc3[nH]ncc3-c3cccnc3)CC2)c1. The highest BCUT2D eigenvalue weighted by Gasteiger charge is 2.24. The van der Waals surface area contributed by atoms with Crippen molar-refractivity contribution in [1.82, 2.24) is 20.5 Å². The normalized spacial score (nSPS) is 18.7. The molecule has 1 aliphatic rings. The molecule has 1 aromatic carbocycles. The van der Waals surface area contributed by atoms with Gasteiger partial charge in [-0.2, -0.15) is 5.10 Å². The number of pyridine rings is 1. The van der Waals surface area contributed by atoms with E-state index in [9.17, 15) is 4.79 Å². The molecule has 1 saturated carbocycles. The Labute approximate surface area is 181 Å². The van der Waals surface area contributed by atoms with Gasteiger partial charge in [-0.25, -0.2) is 0 Å². The molecule has 7 heteroatoms. The maximum atomic E-state index is 12.6. The summed E-state index contributed by atoms with van der Waals surface area (Å²) in [5.41, 5.74) is 3.65.